The van der Waals surface area contributed by atoms with Crippen molar-refractivity contribution in [2.75, 3.05) is 7.11 Å². The summed E-state index contributed by atoms with van der Waals surface area (Å²) in [6, 6.07) is 10.2. The van der Waals surface area contributed by atoms with E-state index in [0.29, 0.717) is 6.61 Å². The maximum Gasteiger partial charge on any atom is 0.141 e. The number of ether oxygens (including phenoxy) is 2. The van der Waals surface area contributed by atoms with Gasteiger partial charge in [-0.3, -0.25) is 0 Å². The Morgan fingerprint density at radius 3 is 2.20 bits per heavy atom. The first-order chi connectivity index (χ1) is 7.04. The summed E-state index contributed by atoms with van der Waals surface area (Å²) >= 11 is 0. The Morgan fingerprint density at radius 2 is 1.73 bits per heavy atom. The Labute approximate surface area is 93.2 Å². The van der Waals surface area contributed by atoms with Gasteiger partial charge in [0.15, 0.2) is 0 Å². The maximum atomic E-state index is 5.78. The van der Waals surface area contributed by atoms with E-state index in [9.17, 15) is 0 Å². The van der Waals surface area contributed by atoms with Gasteiger partial charge < -0.3 is 9.47 Å². The molecule has 1 aromatic rings. The van der Waals surface area contributed by atoms with E-state index in [1.165, 1.54) is 5.56 Å². The molecule has 0 aliphatic carbocycles. The molecular weight excluding hydrogens is 204 g/mol. The molecule has 0 amide bonds. The molecule has 15 heavy (non-hydrogen) atoms. The Bertz CT molecular complexity index is 279. The molecule has 3 heteroatoms. The zero-order valence-corrected chi connectivity index (χ0v) is 11.0. The molecule has 1 aromatic carbocycles. The summed E-state index contributed by atoms with van der Waals surface area (Å²) in [5.74, 6) is -0.0299. The zero-order valence-electron chi connectivity index (χ0n) is 9.99. The highest BCUT2D eigenvalue weighted by atomic mass is 28.3. The molecule has 0 saturated heterocycles. The molecule has 0 fully saturated rings. The fourth-order valence-electron chi connectivity index (χ4n) is 1.42. The van der Waals surface area contributed by atoms with Crippen LogP contribution >= 0.6 is 0 Å². The number of methoxy groups -OCH3 is 1. The van der Waals surface area contributed by atoms with Crippen molar-refractivity contribution >= 4 is 8.07 Å². The van der Waals surface area contributed by atoms with Crippen LogP contribution in [0.1, 0.15) is 5.56 Å². The molecule has 84 valence electrons. The molecule has 0 heterocycles. The van der Waals surface area contributed by atoms with Gasteiger partial charge in [0.1, 0.15) is 14.0 Å². The van der Waals surface area contributed by atoms with Crippen molar-refractivity contribution in [1.29, 1.82) is 0 Å². The van der Waals surface area contributed by atoms with Gasteiger partial charge in [0, 0.05) is 7.11 Å². The van der Waals surface area contributed by atoms with E-state index in [2.05, 4.69) is 31.8 Å². The zero-order chi connectivity index (χ0) is 11.3. The van der Waals surface area contributed by atoms with E-state index in [0.717, 1.165) is 0 Å². The first-order valence-electron chi connectivity index (χ1n) is 5.22. The average Bonchev–Trinajstić information content (AvgIpc) is 2.18. The summed E-state index contributed by atoms with van der Waals surface area (Å²) in [6.07, 6.45) is 0. The Morgan fingerprint density at radius 1 is 1.13 bits per heavy atom. The van der Waals surface area contributed by atoms with Crippen molar-refractivity contribution in [3.63, 3.8) is 0 Å². The quantitative estimate of drug-likeness (QED) is 0.565. The molecule has 1 rings (SSSR count). The van der Waals surface area contributed by atoms with Crippen LogP contribution in [-0.2, 0) is 16.1 Å². The van der Waals surface area contributed by atoms with Crippen LogP contribution in [0.15, 0.2) is 30.3 Å². The van der Waals surface area contributed by atoms with Crippen LogP contribution < -0.4 is 0 Å². The van der Waals surface area contributed by atoms with Crippen LogP contribution in [-0.4, -0.2) is 21.1 Å². The monoisotopic (exact) mass is 224 g/mol. The molecule has 0 aromatic heterocycles. The van der Waals surface area contributed by atoms with Crippen LogP contribution in [0.5, 0.6) is 0 Å². The normalized spacial score (nSPS) is 13.9. The Kier molecular flexibility index (Phi) is 4.51. The van der Waals surface area contributed by atoms with E-state index >= 15 is 0 Å². The van der Waals surface area contributed by atoms with Crippen molar-refractivity contribution < 1.29 is 9.47 Å². The molecule has 0 aliphatic heterocycles. The fraction of sp³-hybridized carbons (Fsp3) is 0.500. The van der Waals surface area contributed by atoms with Crippen molar-refractivity contribution in [1.82, 2.24) is 0 Å². The summed E-state index contributed by atoms with van der Waals surface area (Å²) in [5, 5.41) is 0. The van der Waals surface area contributed by atoms with Crippen LogP contribution in [0.4, 0.5) is 0 Å². The molecule has 0 saturated carbocycles. The van der Waals surface area contributed by atoms with E-state index < -0.39 is 8.07 Å². The van der Waals surface area contributed by atoms with Gasteiger partial charge in [-0.25, -0.2) is 0 Å². The number of hydrogen-bond donors (Lipinski definition) is 0. The lowest BCUT2D eigenvalue weighted by molar-refractivity contribution is -0.0827. The number of rotatable bonds is 5. The molecule has 2 nitrogen and oxygen atoms in total. The number of benzene rings is 1. The lowest BCUT2D eigenvalue weighted by atomic mass is 10.2. The summed E-state index contributed by atoms with van der Waals surface area (Å²) in [5.41, 5.74) is 1.19. The van der Waals surface area contributed by atoms with E-state index in [-0.39, 0.29) is 5.91 Å². The minimum atomic E-state index is -1.38. The highest BCUT2D eigenvalue weighted by Crippen LogP contribution is 2.14. The van der Waals surface area contributed by atoms with Crippen molar-refractivity contribution in [3.05, 3.63) is 35.9 Å². The van der Waals surface area contributed by atoms with Crippen molar-refractivity contribution in [2.24, 2.45) is 0 Å². The maximum absolute atomic E-state index is 5.78. The molecule has 0 radical (unpaired) electrons. The smallest absolute Gasteiger partial charge is 0.141 e. The minimum absolute atomic E-state index is 0.0299. The first-order valence-corrected chi connectivity index (χ1v) is 8.80. The highest BCUT2D eigenvalue weighted by molar-refractivity contribution is 6.76. The predicted octanol–water partition coefficient (Wildman–Crippen LogP) is 3.05. The second-order valence-electron chi connectivity index (χ2n) is 4.73. The van der Waals surface area contributed by atoms with Crippen LogP contribution in [0.25, 0.3) is 0 Å². The van der Waals surface area contributed by atoms with Crippen molar-refractivity contribution in [3.8, 4) is 0 Å². The van der Waals surface area contributed by atoms with Gasteiger partial charge in [-0.2, -0.15) is 0 Å². The highest BCUT2D eigenvalue weighted by Gasteiger charge is 2.27. The van der Waals surface area contributed by atoms with Gasteiger partial charge in [0.05, 0.1) is 6.61 Å². The van der Waals surface area contributed by atoms with E-state index in [1.807, 2.05) is 18.2 Å². The van der Waals surface area contributed by atoms with Gasteiger partial charge in [0.25, 0.3) is 0 Å². The van der Waals surface area contributed by atoms with E-state index in [1.54, 1.807) is 7.11 Å². The van der Waals surface area contributed by atoms with Gasteiger partial charge >= 0.3 is 0 Å². The standard InChI is InChI=1S/C12H20O2Si/c1-13-12(15(2,3)4)14-10-11-8-6-5-7-9-11/h5-9,12H,10H2,1-4H3. The van der Waals surface area contributed by atoms with Crippen molar-refractivity contribution in [2.45, 2.75) is 32.2 Å². The first kappa shape index (κ1) is 12.4. The van der Waals surface area contributed by atoms with Crippen LogP contribution in [0, 0.1) is 0 Å². The summed E-state index contributed by atoms with van der Waals surface area (Å²) in [7, 11) is 0.331. The second-order valence-corrected chi connectivity index (χ2v) is 9.93. The van der Waals surface area contributed by atoms with Gasteiger partial charge in [-0.05, 0) is 5.56 Å². The summed E-state index contributed by atoms with van der Waals surface area (Å²) < 4.78 is 11.2. The molecule has 0 spiro atoms. The lowest BCUT2D eigenvalue weighted by Crippen LogP contribution is -2.41. The topological polar surface area (TPSA) is 18.5 Å². The minimum Gasteiger partial charge on any atom is -0.360 e. The molecular formula is C12H20O2Si. The predicted molar refractivity (Wildman–Crippen MR) is 65.4 cm³/mol. The fourth-order valence-corrected chi connectivity index (χ4v) is 2.71. The molecule has 0 N–H and O–H groups in total. The van der Waals surface area contributed by atoms with Gasteiger partial charge in [0.2, 0.25) is 0 Å². The SMILES string of the molecule is COC(OCc1ccccc1)[Si](C)(C)C. The van der Waals surface area contributed by atoms with Crippen LogP contribution in [0.3, 0.4) is 0 Å². The third kappa shape index (κ3) is 4.16. The summed E-state index contributed by atoms with van der Waals surface area (Å²) in [6.45, 7) is 7.36. The third-order valence-electron chi connectivity index (χ3n) is 2.17. The Hall–Kier alpha value is -0.643. The van der Waals surface area contributed by atoms with Gasteiger partial charge in [-0.1, -0.05) is 50.0 Å². The second kappa shape index (κ2) is 5.44. The molecule has 0 aliphatic rings. The average molecular weight is 224 g/mol. The number of hydrogen-bond acceptors (Lipinski definition) is 2. The largest absolute Gasteiger partial charge is 0.360 e. The molecule has 1 unspecified atom stereocenters. The molecule has 0 bridgehead atoms. The summed E-state index contributed by atoms with van der Waals surface area (Å²) in [4.78, 5) is 0. The van der Waals surface area contributed by atoms with Gasteiger partial charge in [-0.15, -0.1) is 0 Å². The Balaban J connectivity index is 2.49. The third-order valence-corrected chi connectivity index (χ3v) is 3.98. The molecule has 1 atom stereocenters. The lowest BCUT2D eigenvalue weighted by Gasteiger charge is -2.27. The van der Waals surface area contributed by atoms with Crippen LogP contribution in [0.2, 0.25) is 19.6 Å². The van der Waals surface area contributed by atoms with E-state index in [4.69, 9.17) is 9.47 Å².